The van der Waals surface area contributed by atoms with Crippen LogP contribution in [0, 0.1) is 0 Å². The number of pyridine rings is 1. The van der Waals surface area contributed by atoms with Crippen LogP contribution in [0.4, 0.5) is 14.5 Å². The molecule has 1 atom stereocenters. The Hall–Kier alpha value is -1.72. The lowest BCUT2D eigenvalue weighted by molar-refractivity contribution is -0.0418. The van der Waals surface area contributed by atoms with Crippen LogP contribution in [-0.4, -0.2) is 20.5 Å². The number of halogens is 2. The number of hydrogen-bond donors (Lipinski definition) is 1. The number of aromatic nitrogens is 3. The molecule has 6 heteroatoms. The first-order valence-electron chi connectivity index (χ1n) is 6.03. The van der Waals surface area contributed by atoms with E-state index in [1.54, 1.807) is 22.7 Å². The molecule has 0 aromatic carbocycles. The van der Waals surface area contributed by atoms with Crippen molar-refractivity contribution in [2.45, 2.75) is 37.5 Å². The first-order valence-corrected chi connectivity index (χ1v) is 6.03. The van der Waals surface area contributed by atoms with Crippen molar-refractivity contribution in [3.63, 3.8) is 0 Å². The summed E-state index contributed by atoms with van der Waals surface area (Å²) in [5.74, 6) is -2.24. The number of fused-ring (bicyclic) bond motifs is 1. The average molecular weight is 252 g/mol. The molecule has 1 unspecified atom stereocenters. The molecule has 0 amide bonds. The molecule has 2 heterocycles. The minimum Gasteiger partial charge on any atom is -0.398 e. The lowest BCUT2D eigenvalue weighted by Gasteiger charge is -2.27. The van der Waals surface area contributed by atoms with Crippen LogP contribution in [0.5, 0.6) is 0 Å². The van der Waals surface area contributed by atoms with Crippen molar-refractivity contribution >= 4 is 11.3 Å². The molecule has 0 spiro atoms. The first-order chi connectivity index (χ1) is 8.55. The summed E-state index contributed by atoms with van der Waals surface area (Å²) in [6.07, 6.45) is 2.77. The van der Waals surface area contributed by atoms with Gasteiger partial charge in [-0.05, 0) is 25.0 Å². The van der Waals surface area contributed by atoms with Gasteiger partial charge in [-0.1, -0.05) is 0 Å². The van der Waals surface area contributed by atoms with Crippen LogP contribution in [0.3, 0.4) is 0 Å². The number of nitrogens with two attached hydrogens (primary N) is 1. The minimum absolute atomic E-state index is 0.0254. The molecule has 2 N–H and O–H groups in total. The van der Waals surface area contributed by atoms with E-state index in [1.165, 1.54) is 0 Å². The van der Waals surface area contributed by atoms with E-state index in [0.29, 0.717) is 23.6 Å². The molecule has 3 rings (SSSR count). The van der Waals surface area contributed by atoms with Gasteiger partial charge in [0, 0.05) is 30.6 Å². The summed E-state index contributed by atoms with van der Waals surface area (Å²) in [5, 5.41) is 8.04. The molecule has 1 aliphatic rings. The van der Waals surface area contributed by atoms with E-state index < -0.39 is 5.92 Å². The highest BCUT2D eigenvalue weighted by atomic mass is 19.3. The molecular formula is C12H14F2N4. The second kappa shape index (κ2) is 3.90. The largest absolute Gasteiger partial charge is 0.398 e. The third kappa shape index (κ3) is 1.91. The molecule has 1 aliphatic carbocycles. The minimum atomic E-state index is -2.59. The van der Waals surface area contributed by atoms with Crippen molar-refractivity contribution in [1.82, 2.24) is 14.6 Å². The van der Waals surface area contributed by atoms with Crippen LogP contribution in [-0.2, 0) is 0 Å². The monoisotopic (exact) mass is 252 g/mol. The van der Waals surface area contributed by atoms with Gasteiger partial charge in [-0.25, -0.2) is 8.78 Å². The smallest absolute Gasteiger partial charge is 0.248 e. The van der Waals surface area contributed by atoms with E-state index in [9.17, 15) is 8.78 Å². The quantitative estimate of drug-likeness (QED) is 0.848. The van der Waals surface area contributed by atoms with Crippen molar-refractivity contribution in [2.24, 2.45) is 0 Å². The highest BCUT2D eigenvalue weighted by molar-refractivity contribution is 5.47. The van der Waals surface area contributed by atoms with Crippen molar-refractivity contribution < 1.29 is 8.78 Å². The van der Waals surface area contributed by atoms with Gasteiger partial charge in [-0.2, -0.15) is 0 Å². The second-order valence-electron chi connectivity index (χ2n) is 4.90. The number of rotatable bonds is 1. The summed E-state index contributed by atoms with van der Waals surface area (Å²) < 4.78 is 28.6. The van der Waals surface area contributed by atoms with Gasteiger partial charge in [0.15, 0.2) is 5.65 Å². The van der Waals surface area contributed by atoms with Crippen LogP contribution < -0.4 is 5.73 Å². The molecule has 0 radical (unpaired) electrons. The number of alkyl halides is 2. The van der Waals surface area contributed by atoms with Gasteiger partial charge in [-0.3, -0.25) is 4.40 Å². The van der Waals surface area contributed by atoms with Crippen molar-refractivity contribution in [2.75, 3.05) is 5.73 Å². The normalized spacial score (nSPS) is 23.3. The fourth-order valence-corrected chi connectivity index (χ4v) is 2.60. The van der Waals surface area contributed by atoms with Gasteiger partial charge in [-0.15, -0.1) is 10.2 Å². The van der Waals surface area contributed by atoms with E-state index in [4.69, 9.17) is 5.73 Å². The predicted octanol–water partition coefficient (Wildman–Crippen LogP) is 2.60. The maximum atomic E-state index is 13.4. The lowest BCUT2D eigenvalue weighted by Crippen LogP contribution is -2.26. The maximum Gasteiger partial charge on any atom is 0.248 e. The summed E-state index contributed by atoms with van der Waals surface area (Å²) in [6.45, 7) is 0. The molecule has 2 aromatic heterocycles. The highest BCUT2D eigenvalue weighted by Crippen LogP contribution is 2.41. The third-order valence-electron chi connectivity index (χ3n) is 3.46. The van der Waals surface area contributed by atoms with Gasteiger partial charge < -0.3 is 5.73 Å². The standard InChI is InChI=1S/C12H14F2N4/c13-12(14)5-1-2-8(6-12)11-17-16-10-4-3-9(15)7-18(10)11/h3-4,7-8H,1-2,5-6,15H2. The third-order valence-corrected chi connectivity index (χ3v) is 3.46. The molecule has 18 heavy (non-hydrogen) atoms. The van der Waals surface area contributed by atoms with Crippen LogP contribution in [0.25, 0.3) is 5.65 Å². The van der Waals surface area contributed by atoms with Crippen LogP contribution in [0.1, 0.15) is 37.4 Å². The highest BCUT2D eigenvalue weighted by Gasteiger charge is 2.38. The molecule has 1 saturated carbocycles. The number of nitrogen functional groups attached to an aromatic ring is 1. The summed E-state index contributed by atoms with van der Waals surface area (Å²) >= 11 is 0. The molecule has 0 bridgehead atoms. The van der Waals surface area contributed by atoms with E-state index in [-0.39, 0.29) is 18.8 Å². The maximum absolute atomic E-state index is 13.4. The second-order valence-corrected chi connectivity index (χ2v) is 4.90. The summed E-state index contributed by atoms with van der Waals surface area (Å²) in [5.41, 5.74) is 6.93. The Kier molecular flexibility index (Phi) is 2.46. The molecular weight excluding hydrogens is 238 g/mol. The first kappa shape index (κ1) is 11.4. The lowest BCUT2D eigenvalue weighted by atomic mass is 9.86. The van der Waals surface area contributed by atoms with E-state index in [1.807, 2.05) is 0 Å². The Morgan fingerprint density at radius 3 is 2.94 bits per heavy atom. The zero-order valence-electron chi connectivity index (χ0n) is 9.81. The van der Waals surface area contributed by atoms with Gasteiger partial charge >= 0.3 is 0 Å². The van der Waals surface area contributed by atoms with Crippen LogP contribution >= 0.6 is 0 Å². The summed E-state index contributed by atoms with van der Waals surface area (Å²) in [4.78, 5) is 0. The summed E-state index contributed by atoms with van der Waals surface area (Å²) in [7, 11) is 0. The number of nitrogens with zero attached hydrogens (tertiary/aromatic N) is 3. The Balaban J connectivity index is 2.01. The molecule has 0 aliphatic heterocycles. The zero-order chi connectivity index (χ0) is 12.8. The zero-order valence-corrected chi connectivity index (χ0v) is 9.81. The van der Waals surface area contributed by atoms with Crippen LogP contribution in [0.2, 0.25) is 0 Å². The Morgan fingerprint density at radius 1 is 1.33 bits per heavy atom. The van der Waals surface area contributed by atoms with E-state index in [2.05, 4.69) is 10.2 Å². The predicted molar refractivity (Wildman–Crippen MR) is 63.6 cm³/mol. The van der Waals surface area contributed by atoms with Gasteiger partial charge in [0.25, 0.3) is 0 Å². The number of anilines is 1. The molecule has 1 fully saturated rings. The SMILES string of the molecule is Nc1ccc2nnc(C3CCCC(F)(F)C3)n2c1. The van der Waals surface area contributed by atoms with Gasteiger partial charge in [0.2, 0.25) is 5.92 Å². The Labute approximate surface area is 103 Å². The fourth-order valence-electron chi connectivity index (χ4n) is 2.60. The molecule has 2 aromatic rings. The van der Waals surface area contributed by atoms with Crippen molar-refractivity contribution in [3.8, 4) is 0 Å². The van der Waals surface area contributed by atoms with Crippen molar-refractivity contribution in [3.05, 3.63) is 24.2 Å². The molecule has 4 nitrogen and oxygen atoms in total. The van der Waals surface area contributed by atoms with Gasteiger partial charge in [0.05, 0.1) is 0 Å². The average Bonchev–Trinajstić information content (AvgIpc) is 2.70. The number of hydrogen-bond acceptors (Lipinski definition) is 3. The summed E-state index contributed by atoms with van der Waals surface area (Å²) in [6, 6.07) is 3.47. The van der Waals surface area contributed by atoms with Crippen molar-refractivity contribution in [1.29, 1.82) is 0 Å². The van der Waals surface area contributed by atoms with E-state index in [0.717, 1.165) is 6.42 Å². The Bertz CT molecular complexity index is 578. The fraction of sp³-hybridized carbons (Fsp3) is 0.500. The topological polar surface area (TPSA) is 56.2 Å². The van der Waals surface area contributed by atoms with Gasteiger partial charge in [0.1, 0.15) is 5.82 Å². The van der Waals surface area contributed by atoms with E-state index >= 15 is 0 Å². The Morgan fingerprint density at radius 2 is 2.17 bits per heavy atom. The van der Waals surface area contributed by atoms with Crippen LogP contribution in [0.15, 0.2) is 18.3 Å². The molecule has 96 valence electrons. The molecule has 0 saturated heterocycles.